The monoisotopic (exact) mass is 486 g/mol. The number of aryl methyl sites for hydroxylation is 2. The van der Waals surface area contributed by atoms with Crippen molar-refractivity contribution >= 4 is 23.1 Å². The standard InChI is InChI=1S/C28H30N4O4/c1-36-28(35)31-13-12-22-21(16-29)15-24-25(23(22)17-31)30-26(19-7-9-20(10-8-19)27(33)34)32(24)14-11-18-5-3-2-4-6-18/h2-6,15,19-20H,7-14,17H2,1H3,(H,33,34). The van der Waals surface area contributed by atoms with Crippen LogP contribution in [-0.2, 0) is 35.5 Å². The molecule has 1 fully saturated rings. The second kappa shape index (κ2) is 10.0. The minimum absolute atomic E-state index is 0.158. The van der Waals surface area contributed by atoms with Gasteiger partial charge in [0.2, 0.25) is 0 Å². The van der Waals surface area contributed by atoms with E-state index in [9.17, 15) is 20.0 Å². The SMILES string of the molecule is COC(=O)N1CCc2c(C#N)cc3c(nc(C4CCC(C(=O)O)CC4)n3CCc3ccccc3)c2C1. The van der Waals surface area contributed by atoms with Crippen molar-refractivity contribution in [3.05, 3.63) is 64.5 Å². The number of fused-ring (bicyclic) bond motifs is 3. The number of aromatic nitrogens is 2. The number of rotatable bonds is 5. The number of hydrogen-bond acceptors (Lipinski definition) is 5. The van der Waals surface area contributed by atoms with Gasteiger partial charge in [0, 0.05) is 24.6 Å². The number of benzene rings is 2. The van der Waals surface area contributed by atoms with E-state index in [1.54, 1.807) is 4.90 Å². The van der Waals surface area contributed by atoms with Crippen molar-refractivity contribution in [3.63, 3.8) is 0 Å². The fourth-order valence-corrected chi connectivity index (χ4v) is 5.77. The van der Waals surface area contributed by atoms with Gasteiger partial charge in [-0.3, -0.25) is 4.79 Å². The van der Waals surface area contributed by atoms with Gasteiger partial charge < -0.3 is 19.3 Å². The predicted molar refractivity (Wildman–Crippen MR) is 133 cm³/mol. The molecule has 2 aliphatic rings. The van der Waals surface area contributed by atoms with Gasteiger partial charge in [0.25, 0.3) is 0 Å². The first-order chi connectivity index (χ1) is 17.5. The molecule has 186 valence electrons. The molecular formula is C28H30N4O4. The van der Waals surface area contributed by atoms with Crippen LogP contribution in [0.3, 0.4) is 0 Å². The van der Waals surface area contributed by atoms with Crippen LogP contribution in [0.25, 0.3) is 11.0 Å². The van der Waals surface area contributed by atoms with Crippen LogP contribution in [0.5, 0.6) is 0 Å². The fraction of sp³-hybridized carbons (Fsp3) is 0.429. The van der Waals surface area contributed by atoms with E-state index in [1.165, 1.54) is 12.7 Å². The molecule has 0 unspecified atom stereocenters. The van der Waals surface area contributed by atoms with Gasteiger partial charge in [-0.05, 0) is 55.7 Å². The number of carbonyl (C=O) groups is 2. The fourth-order valence-electron chi connectivity index (χ4n) is 5.77. The Morgan fingerprint density at radius 2 is 1.92 bits per heavy atom. The zero-order valence-electron chi connectivity index (χ0n) is 20.4. The summed E-state index contributed by atoms with van der Waals surface area (Å²) in [4.78, 5) is 30.6. The third-order valence-corrected chi connectivity index (χ3v) is 7.74. The summed E-state index contributed by atoms with van der Waals surface area (Å²) < 4.78 is 7.19. The minimum atomic E-state index is -0.721. The molecule has 5 rings (SSSR count). The topological polar surface area (TPSA) is 108 Å². The summed E-state index contributed by atoms with van der Waals surface area (Å²) in [7, 11) is 1.38. The Labute approximate surface area is 210 Å². The lowest BCUT2D eigenvalue weighted by atomic mass is 9.81. The van der Waals surface area contributed by atoms with E-state index in [0.717, 1.165) is 47.2 Å². The minimum Gasteiger partial charge on any atom is -0.481 e. The summed E-state index contributed by atoms with van der Waals surface area (Å²) in [5.41, 5.74) is 5.46. The molecule has 2 aromatic carbocycles. The van der Waals surface area contributed by atoms with E-state index >= 15 is 0 Å². The summed E-state index contributed by atoms with van der Waals surface area (Å²) in [6.07, 6.45) is 3.84. The molecule has 1 aliphatic heterocycles. The van der Waals surface area contributed by atoms with Crippen molar-refractivity contribution in [2.45, 2.75) is 57.5 Å². The first-order valence-electron chi connectivity index (χ1n) is 12.5. The molecule has 3 aromatic rings. The quantitative estimate of drug-likeness (QED) is 0.563. The van der Waals surface area contributed by atoms with Crippen LogP contribution in [0.2, 0.25) is 0 Å². The van der Waals surface area contributed by atoms with Gasteiger partial charge in [-0.2, -0.15) is 5.26 Å². The maximum atomic E-state index is 12.3. The number of aliphatic carboxylic acids is 1. The largest absolute Gasteiger partial charge is 0.481 e. The third kappa shape index (κ3) is 4.41. The van der Waals surface area contributed by atoms with Crippen LogP contribution in [0.15, 0.2) is 36.4 Å². The average Bonchev–Trinajstić information content (AvgIpc) is 3.29. The first-order valence-corrected chi connectivity index (χ1v) is 12.5. The van der Waals surface area contributed by atoms with Gasteiger partial charge in [0.05, 0.1) is 42.2 Å². The first kappa shape index (κ1) is 23.9. The molecule has 8 nitrogen and oxygen atoms in total. The zero-order valence-corrected chi connectivity index (χ0v) is 20.4. The Morgan fingerprint density at radius 1 is 1.17 bits per heavy atom. The summed E-state index contributed by atoms with van der Waals surface area (Å²) in [6, 6.07) is 14.6. The van der Waals surface area contributed by atoms with Crippen molar-refractivity contribution in [2.75, 3.05) is 13.7 Å². The molecule has 0 saturated heterocycles. The van der Waals surface area contributed by atoms with E-state index < -0.39 is 5.97 Å². The highest BCUT2D eigenvalue weighted by Crippen LogP contribution is 2.39. The molecule has 0 atom stereocenters. The van der Waals surface area contributed by atoms with E-state index in [2.05, 4.69) is 22.8 Å². The normalized spacial score (nSPS) is 19.5. The van der Waals surface area contributed by atoms with E-state index in [0.29, 0.717) is 44.5 Å². The summed E-state index contributed by atoms with van der Waals surface area (Å²) in [6.45, 7) is 1.56. The maximum absolute atomic E-state index is 12.3. The van der Waals surface area contributed by atoms with E-state index in [-0.39, 0.29) is 17.9 Å². The van der Waals surface area contributed by atoms with Crippen LogP contribution >= 0.6 is 0 Å². The number of nitrogens with zero attached hydrogens (tertiary/aromatic N) is 4. The molecule has 1 aliphatic carbocycles. The van der Waals surface area contributed by atoms with E-state index in [1.807, 2.05) is 24.3 Å². The molecule has 8 heteroatoms. The van der Waals surface area contributed by atoms with Gasteiger partial charge in [-0.25, -0.2) is 9.78 Å². The Kier molecular flexibility index (Phi) is 6.64. The van der Waals surface area contributed by atoms with Crippen molar-refractivity contribution in [2.24, 2.45) is 5.92 Å². The highest BCUT2D eigenvalue weighted by atomic mass is 16.5. The Balaban J connectivity index is 1.59. The van der Waals surface area contributed by atoms with Gasteiger partial charge in [0.1, 0.15) is 5.82 Å². The summed E-state index contributed by atoms with van der Waals surface area (Å²) >= 11 is 0. The Bertz CT molecular complexity index is 1330. The number of imidazole rings is 1. The van der Waals surface area contributed by atoms with Crippen LogP contribution in [0.4, 0.5) is 4.79 Å². The van der Waals surface area contributed by atoms with E-state index in [4.69, 9.17) is 9.72 Å². The number of nitriles is 1. The predicted octanol–water partition coefficient (Wildman–Crippen LogP) is 4.63. The Morgan fingerprint density at radius 3 is 2.58 bits per heavy atom. The highest BCUT2D eigenvalue weighted by molar-refractivity contribution is 5.84. The van der Waals surface area contributed by atoms with Crippen molar-refractivity contribution in [1.82, 2.24) is 14.5 Å². The van der Waals surface area contributed by atoms with Crippen LogP contribution in [0.1, 0.15) is 59.7 Å². The number of ether oxygens (including phenoxy) is 1. The molecule has 0 bridgehead atoms. The molecule has 1 amide bonds. The molecular weight excluding hydrogens is 456 g/mol. The van der Waals surface area contributed by atoms with Crippen LogP contribution < -0.4 is 0 Å². The zero-order chi connectivity index (χ0) is 25.2. The number of amides is 1. The smallest absolute Gasteiger partial charge is 0.409 e. The van der Waals surface area contributed by atoms with Gasteiger partial charge in [-0.15, -0.1) is 0 Å². The maximum Gasteiger partial charge on any atom is 0.409 e. The summed E-state index contributed by atoms with van der Waals surface area (Å²) in [5, 5.41) is 19.4. The van der Waals surface area contributed by atoms with Gasteiger partial charge in [-0.1, -0.05) is 30.3 Å². The molecule has 0 radical (unpaired) electrons. The molecule has 1 N–H and O–H groups in total. The lowest BCUT2D eigenvalue weighted by Crippen LogP contribution is -2.36. The molecule has 2 heterocycles. The summed E-state index contributed by atoms with van der Waals surface area (Å²) in [5.74, 6) is 0.0964. The second-order valence-corrected chi connectivity index (χ2v) is 9.75. The molecule has 0 spiro atoms. The van der Waals surface area contributed by atoms with Crippen molar-refractivity contribution in [3.8, 4) is 6.07 Å². The lowest BCUT2D eigenvalue weighted by Gasteiger charge is -2.28. The average molecular weight is 487 g/mol. The third-order valence-electron chi connectivity index (χ3n) is 7.74. The number of carboxylic acid groups (broad SMARTS) is 1. The highest BCUT2D eigenvalue weighted by Gasteiger charge is 2.32. The number of carboxylic acids is 1. The van der Waals surface area contributed by atoms with Crippen LogP contribution in [0, 0.1) is 17.2 Å². The molecule has 1 saturated carbocycles. The number of hydrogen-bond donors (Lipinski definition) is 1. The van der Waals surface area contributed by atoms with Gasteiger partial charge in [0.15, 0.2) is 0 Å². The van der Waals surface area contributed by atoms with Gasteiger partial charge >= 0.3 is 12.1 Å². The lowest BCUT2D eigenvalue weighted by molar-refractivity contribution is -0.142. The second-order valence-electron chi connectivity index (χ2n) is 9.75. The number of methoxy groups -OCH3 is 1. The van der Waals surface area contributed by atoms with Crippen LogP contribution in [-0.4, -0.2) is 45.3 Å². The number of carbonyl (C=O) groups excluding carboxylic acids is 1. The molecule has 1 aromatic heterocycles. The Hall–Kier alpha value is -3.86. The van der Waals surface area contributed by atoms with Crippen molar-refractivity contribution < 1.29 is 19.4 Å². The molecule has 36 heavy (non-hydrogen) atoms. The van der Waals surface area contributed by atoms with Crippen molar-refractivity contribution in [1.29, 1.82) is 5.26 Å².